The predicted molar refractivity (Wildman–Crippen MR) is 122 cm³/mol. The Morgan fingerprint density at radius 2 is 1.80 bits per heavy atom. The molecule has 0 amide bonds. The van der Waals surface area contributed by atoms with Crippen molar-refractivity contribution in [2.75, 3.05) is 36.4 Å². The van der Waals surface area contributed by atoms with Gasteiger partial charge in [-0.25, -0.2) is 4.98 Å². The van der Waals surface area contributed by atoms with Gasteiger partial charge in [-0.3, -0.25) is 10.00 Å². The number of thiophene rings is 1. The van der Waals surface area contributed by atoms with Crippen LogP contribution in [0, 0.1) is 0 Å². The molecule has 0 aromatic carbocycles. The lowest BCUT2D eigenvalue weighted by atomic mass is 10.1. The van der Waals surface area contributed by atoms with Gasteiger partial charge in [0.05, 0.1) is 10.2 Å². The largest absolute Gasteiger partial charge is 0.341 e. The maximum atomic E-state index is 4.98. The number of rotatable bonds is 6. The Kier molecular flexibility index (Phi) is 4.84. The Bertz CT molecular complexity index is 1030. The van der Waals surface area contributed by atoms with Crippen LogP contribution in [0.2, 0.25) is 0 Å². The third-order valence-electron chi connectivity index (χ3n) is 6.49. The fourth-order valence-corrected chi connectivity index (χ4v) is 5.73. The molecule has 2 aliphatic heterocycles. The minimum Gasteiger partial charge on any atom is -0.341 e. The van der Waals surface area contributed by atoms with Gasteiger partial charge in [0, 0.05) is 42.2 Å². The van der Waals surface area contributed by atoms with Gasteiger partial charge >= 0.3 is 0 Å². The molecule has 1 saturated carbocycles. The Hall–Kier alpha value is -2.19. The highest BCUT2D eigenvalue weighted by Crippen LogP contribution is 2.40. The maximum absolute atomic E-state index is 4.98. The maximum Gasteiger partial charge on any atom is 0.227 e. The van der Waals surface area contributed by atoms with Crippen molar-refractivity contribution in [3.05, 3.63) is 22.7 Å². The van der Waals surface area contributed by atoms with Crippen LogP contribution < -0.4 is 10.2 Å². The zero-order chi connectivity index (χ0) is 19.9. The number of H-pyrrole nitrogens is 1. The standard InChI is InChI=1S/C22H29N7S/c1-2-10-29(11-3-1)22-23-18-12-16(14-28-8-4-5-9-28)30-20(18)21(25-22)24-19-13-17(26-27-19)15-6-7-15/h12-13,15H,1-11,14H2,(H2,23,24,25,26,27). The van der Waals surface area contributed by atoms with Crippen molar-refractivity contribution < 1.29 is 0 Å². The Morgan fingerprint density at radius 3 is 2.60 bits per heavy atom. The van der Waals surface area contributed by atoms with E-state index < -0.39 is 0 Å². The number of likely N-dealkylation sites (tertiary alicyclic amines) is 1. The molecule has 0 spiro atoms. The summed E-state index contributed by atoms with van der Waals surface area (Å²) in [6, 6.07) is 4.42. The van der Waals surface area contributed by atoms with Crippen molar-refractivity contribution in [2.45, 2.75) is 57.4 Å². The molecule has 0 atom stereocenters. The number of fused-ring (bicyclic) bond motifs is 1. The molecule has 2 N–H and O–H groups in total. The lowest BCUT2D eigenvalue weighted by Gasteiger charge is -2.26. The molecule has 30 heavy (non-hydrogen) atoms. The fourth-order valence-electron chi connectivity index (χ4n) is 4.65. The molecule has 3 aromatic heterocycles. The second kappa shape index (κ2) is 7.81. The first-order chi connectivity index (χ1) is 14.8. The molecule has 0 radical (unpaired) electrons. The first-order valence-electron chi connectivity index (χ1n) is 11.4. The van der Waals surface area contributed by atoms with Crippen molar-refractivity contribution >= 4 is 39.1 Å². The number of hydrogen-bond acceptors (Lipinski definition) is 7. The van der Waals surface area contributed by atoms with E-state index in [1.165, 1.54) is 68.6 Å². The highest BCUT2D eigenvalue weighted by molar-refractivity contribution is 7.19. The second-order valence-electron chi connectivity index (χ2n) is 8.94. The van der Waals surface area contributed by atoms with E-state index in [1.54, 1.807) is 0 Å². The number of anilines is 3. The van der Waals surface area contributed by atoms with Crippen molar-refractivity contribution in [2.24, 2.45) is 0 Å². The highest BCUT2D eigenvalue weighted by atomic mass is 32.1. The first kappa shape index (κ1) is 18.6. The van der Waals surface area contributed by atoms with E-state index in [4.69, 9.17) is 9.97 Å². The van der Waals surface area contributed by atoms with E-state index in [0.29, 0.717) is 5.92 Å². The van der Waals surface area contributed by atoms with E-state index in [9.17, 15) is 0 Å². The highest BCUT2D eigenvalue weighted by Gasteiger charge is 2.26. The predicted octanol–water partition coefficient (Wildman–Crippen LogP) is 4.62. The third kappa shape index (κ3) is 3.78. The van der Waals surface area contributed by atoms with Crippen LogP contribution in [0.1, 0.15) is 61.4 Å². The zero-order valence-corrected chi connectivity index (χ0v) is 18.2. The molecule has 6 rings (SSSR count). The average molecular weight is 424 g/mol. The summed E-state index contributed by atoms with van der Waals surface area (Å²) in [5.41, 5.74) is 2.30. The van der Waals surface area contributed by atoms with Crippen molar-refractivity contribution in [3.8, 4) is 0 Å². The van der Waals surface area contributed by atoms with Crippen LogP contribution in [0.25, 0.3) is 10.2 Å². The third-order valence-corrected chi connectivity index (χ3v) is 7.60. The Morgan fingerprint density at radius 1 is 1.00 bits per heavy atom. The van der Waals surface area contributed by atoms with Crippen molar-refractivity contribution in [3.63, 3.8) is 0 Å². The minimum atomic E-state index is 0.663. The van der Waals surface area contributed by atoms with E-state index in [2.05, 4.69) is 37.4 Å². The van der Waals surface area contributed by atoms with E-state index in [-0.39, 0.29) is 0 Å². The summed E-state index contributed by atoms with van der Waals surface area (Å²) in [5, 5.41) is 11.2. The minimum absolute atomic E-state index is 0.663. The van der Waals surface area contributed by atoms with Crippen LogP contribution in [0.3, 0.4) is 0 Å². The second-order valence-corrected chi connectivity index (χ2v) is 10.1. The number of aromatic nitrogens is 4. The van der Waals surface area contributed by atoms with Gasteiger partial charge < -0.3 is 10.2 Å². The van der Waals surface area contributed by atoms with Gasteiger partial charge in [0.25, 0.3) is 0 Å². The molecule has 3 fully saturated rings. The number of piperidine rings is 1. The monoisotopic (exact) mass is 423 g/mol. The Balaban J connectivity index is 1.34. The summed E-state index contributed by atoms with van der Waals surface area (Å²) in [7, 11) is 0. The molecule has 7 nitrogen and oxygen atoms in total. The summed E-state index contributed by atoms with van der Waals surface area (Å²) in [4.78, 5) is 16.2. The van der Waals surface area contributed by atoms with Crippen LogP contribution in [-0.2, 0) is 6.54 Å². The molecule has 2 saturated heterocycles. The van der Waals surface area contributed by atoms with Crippen LogP contribution >= 0.6 is 11.3 Å². The van der Waals surface area contributed by atoms with Gasteiger partial charge in [0.15, 0.2) is 11.6 Å². The molecule has 3 aliphatic rings. The molecular formula is C22H29N7S. The first-order valence-corrected chi connectivity index (χ1v) is 12.2. The Labute approximate surface area is 180 Å². The van der Waals surface area contributed by atoms with Gasteiger partial charge in [-0.1, -0.05) is 0 Å². The molecule has 0 unspecified atom stereocenters. The molecule has 1 aliphatic carbocycles. The van der Waals surface area contributed by atoms with Crippen LogP contribution in [-0.4, -0.2) is 51.2 Å². The summed E-state index contributed by atoms with van der Waals surface area (Å²) in [5.74, 6) is 3.27. The summed E-state index contributed by atoms with van der Waals surface area (Å²) in [6.45, 7) is 5.53. The molecule has 158 valence electrons. The molecule has 0 bridgehead atoms. The molecule has 3 aromatic rings. The van der Waals surface area contributed by atoms with Gasteiger partial charge in [-0.05, 0) is 64.1 Å². The van der Waals surface area contributed by atoms with Gasteiger partial charge in [-0.2, -0.15) is 10.1 Å². The molecule has 5 heterocycles. The molecular weight excluding hydrogens is 394 g/mol. The van der Waals surface area contributed by atoms with E-state index >= 15 is 0 Å². The number of nitrogens with one attached hydrogen (secondary N) is 2. The quantitative estimate of drug-likeness (QED) is 0.603. The molecule has 8 heteroatoms. The smallest absolute Gasteiger partial charge is 0.227 e. The van der Waals surface area contributed by atoms with Gasteiger partial charge in [0.1, 0.15) is 0 Å². The zero-order valence-electron chi connectivity index (χ0n) is 17.4. The van der Waals surface area contributed by atoms with Crippen LogP contribution in [0.15, 0.2) is 12.1 Å². The summed E-state index contributed by atoms with van der Waals surface area (Å²) >= 11 is 1.83. The summed E-state index contributed by atoms with van der Waals surface area (Å²) in [6.07, 6.45) is 8.92. The van der Waals surface area contributed by atoms with Crippen LogP contribution in [0.4, 0.5) is 17.6 Å². The van der Waals surface area contributed by atoms with Gasteiger partial charge in [-0.15, -0.1) is 11.3 Å². The normalized spacial score (nSPS) is 20.3. The van der Waals surface area contributed by atoms with E-state index in [1.807, 2.05) is 11.3 Å². The topological polar surface area (TPSA) is 73.0 Å². The lowest BCUT2D eigenvalue weighted by Crippen LogP contribution is -2.31. The van der Waals surface area contributed by atoms with Crippen molar-refractivity contribution in [1.29, 1.82) is 0 Å². The average Bonchev–Trinajstić information content (AvgIpc) is 3.15. The SMILES string of the molecule is c1c(Nc2nc(N3CCCCC3)nc3cc(CN4CCCC4)sc23)n[nH]c1C1CC1. The van der Waals surface area contributed by atoms with Gasteiger partial charge in [0.2, 0.25) is 5.95 Å². The fraction of sp³-hybridized carbons (Fsp3) is 0.591. The summed E-state index contributed by atoms with van der Waals surface area (Å²) < 4.78 is 1.14. The number of hydrogen-bond donors (Lipinski definition) is 2. The number of nitrogens with zero attached hydrogens (tertiary/aromatic N) is 5. The van der Waals surface area contributed by atoms with Crippen molar-refractivity contribution in [1.82, 2.24) is 25.1 Å². The van der Waals surface area contributed by atoms with E-state index in [0.717, 1.165) is 47.4 Å². The van der Waals surface area contributed by atoms with Crippen LogP contribution in [0.5, 0.6) is 0 Å². The number of aromatic amines is 1. The lowest BCUT2D eigenvalue weighted by molar-refractivity contribution is 0.334.